The van der Waals surface area contributed by atoms with Crippen LogP contribution in [0.4, 0.5) is 8.78 Å². The molecule has 3 aliphatic rings. The van der Waals surface area contributed by atoms with Crippen LogP contribution in [0.2, 0.25) is 0 Å². The van der Waals surface area contributed by atoms with Gasteiger partial charge in [0.1, 0.15) is 71.3 Å². The number of halogens is 2. The number of hydrogen-bond donors (Lipinski definition) is 15. The summed E-state index contributed by atoms with van der Waals surface area (Å²) in [5.74, 6) is -12.3. The third-order valence-electron chi connectivity index (χ3n) is 18.4. The quantitative estimate of drug-likeness (QED) is 0.0478. The van der Waals surface area contributed by atoms with E-state index in [4.69, 9.17) is 10.5 Å². The van der Waals surface area contributed by atoms with Crippen molar-refractivity contribution in [3.63, 3.8) is 0 Å². The monoisotopic (exact) mass is 1440 g/mol. The average molecular weight is 1440 g/mol. The van der Waals surface area contributed by atoms with E-state index in [0.29, 0.717) is 47.2 Å². The molecular weight excluding hydrogens is 1350 g/mol. The summed E-state index contributed by atoms with van der Waals surface area (Å²) in [6.07, 6.45) is 4.03. The molecule has 9 atom stereocenters. The zero-order valence-corrected chi connectivity index (χ0v) is 57.8. The van der Waals surface area contributed by atoms with Gasteiger partial charge in [-0.15, -0.1) is 0 Å². The Kier molecular flexibility index (Phi) is 26.0. The van der Waals surface area contributed by atoms with Gasteiger partial charge in [-0.25, -0.2) is 13.8 Å². The van der Waals surface area contributed by atoms with Crippen molar-refractivity contribution in [2.24, 2.45) is 5.73 Å². The number of nitrogens with one attached hydrogen (secondary N) is 13. The maximum absolute atomic E-state index is 15.2. The minimum Gasteiger partial charge on any atom is -0.497 e. The van der Waals surface area contributed by atoms with Crippen molar-refractivity contribution in [1.29, 1.82) is 0 Å². The number of nitrogens with two attached hydrogens (primary N) is 1. The minimum absolute atomic E-state index is 0.00462. The molecule has 7 aromatic rings. The summed E-state index contributed by atoms with van der Waals surface area (Å²) < 4.78 is 35.4. The molecule has 1 fully saturated rings. The lowest BCUT2D eigenvalue weighted by Gasteiger charge is -2.36. The maximum Gasteiger partial charge on any atom is 0.305 e. The molecule has 10 rings (SSSR count). The van der Waals surface area contributed by atoms with Gasteiger partial charge in [0.05, 0.1) is 26.3 Å². The number of carboxylic acids is 1. The lowest BCUT2D eigenvalue weighted by Crippen LogP contribution is -2.62. The number of aliphatic carboxylic acids is 1. The van der Waals surface area contributed by atoms with Crippen LogP contribution in [0.1, 0.15) is 99.2 Å². The molecule has 32 heteroatoms. The first-order chi connectivity index (χ1) is 49.8. The minimum atomic E-state index is -2.04. The van der Waals surface area contributed by atoms with Crippen LogP contribution in [-0.2, 0) is 96.2 Å². The molecule has 0 unspecified atom stereocenters. The number of imidazole rings is 1. The second-order valence-electron chi connectivity index (χ2n) is 26.2. The number of aromatic nitrogens is 4. The molecule has 0 saturated carbocycles. The molecule has 2 bridgehead atoms. The van der Waals surface area contributed by atoms with Crippen molar-refractivity contribution in [2.75, 3.05) is 26.7 Å². The standard InChI is InChI=1S/C72H86F2N16O14/c1-39-63(95)85-55(27-44-35-78-52-19-15-46(73)29-50(44)52)65(97)86-56(28-45-36-79-53-20-16-47(74)30-51(45)53)66(98)88-59(33-62(93)94)69(101)87-57(31-48-37-76-38-81-48)67(99)89-60(26-42-13-17-49(104-4)18-14-42)70(102)90-25-7-22-72(90,3)71(103)77-24-21-41-9-11-43(12-10-41)34-80-61(92)32-58(83-40(2)91)68(100)84-54(64(96)82-39)8-5-6-23-75/h9-20,29-30,35-39,54-60,78-79H,5-8,21-28,31-34,75H2,1-4H3,(H,76,81)(H,77,103)(H,80,92)(H,82,96)(H,83,91)(H,84,100)(H,85,95)(H,86,97)(H,87,101)(H,88,98)(H,89,99)(H,93,94)/t39-,54+,55+,56+,57+,58+,59+,60+,72+/m1/s1. The summed E-state index contributed by atoms with van der Waals surface area (Å²) in [6, 6.07) is 8.22. The van der Waals surface area contributed by atoms with Gasteiger partial charge in [0.2, 0.25) is 65.0 Å². The number of rotatable bonds is 16. The molecule has 6 heterocycles. The van der Waals surface area contributed by atoms with Crippen molar-refractivity contribution in [3.8, 4) is 5.75 Å². The number of carbonyl (C=O) groups is 12. The molecule has 30 nitrogen and oxygen atoms in total. The molecule has 4 aromatic carbocycles. The van der Waals surface area contributed by atoms with Gasteiger partial charge in [-0.2, -0.15) is 0 Å². The van der Waals surface area contributed by atoms with E-state index >= 15 is 23.6 Å². The van der Waals surface area contributed by atoms with E-state index in [1.807, 2.05) is 0 Å². The second-order valence-corrected chi connectivity index (χ2v) is 26.2. The van der Waals surface area contributed by atoms with Crippen LogP contribution in [0, 0.1) is 11.6 Å². The largest absolute Gasteiger partial charge is 0.497 e. The number of carbonyl (C=O) groups excluding carboxylic acids is 11. The van der Waals surface area contributed by atoms with Crippen LogP contribution >= 0.6 is 0 Å². The molecule has 0 spiro atoms. The normalized spacial score (nSPS) is 22.9. The van der Waals surface area contributed by atoms with Crippen molar-refractivity contribution in [2.45, 2.75) is 158 Å². The molecule has 16 N–H and O–H groups in total. The number of H-pyrrole nitrogens is 3. The van der Waals surface area contributed by atoms with E-state index < -0.39 is 162 Å². The van der Waals surface area contributed by atoms with Crippen molar-refractivity contribution >= 4 is 92.8 Å². The molecule has 11 amide bonds. The molecule has 1 saturated heterocycles. The number of unbranched alkanes of at least 4 members (excludes halogenated alkanes) is 1. The highest BCUT2D eigenvalue weighted by atomic mass is 19.1. The predicted molar refractivity (Wildman–Crippen MR) is 374 cm³/mol. The third kappa shape index (κ3) is 20.4. The van der Waals surface area contributed by atoms with Crippen molar-refractivity contribution < 1.29 is 76.2 Å². The Balaban J connectivity index is 1.08. The Labute approximate surface area is 596 Å². The van der Waals surface area contributed by atoms with Crippen LogP contribution in [0.15, 0.2) is 110 Å². The smallest absolute Gasteiger partial charge is 0.305 e. The highest BCUT2D eigenvalue weighted by Gasteiger charge is 2.48. The summed E-state index contributed by atoms with van der Waals surface area (Å²) >= 11 is 0. The first kappa shape index (κ1) is 76.6. The summed E-state index contributed by atoms with van der Waals surface area (Å²) in [5.41, 5.74) is 7.96. The molecule has 3 aliphatic heterocycles. The van der Waals surface area contributed by atoms with Gasteiger partial charge in [-0.1, -0.05) is 36.4 Å². The maximum atomic E-state index is 15.2. The average Bonchev–Trinajstić information content (AvgIpc) is 1.59. The van der Waals surface area contributed by atoms with Crippen LogP contribution < -0.4 is 63.6 Å². The number of nitrogens with zero attached hydrogens (tertiary/aromatic N) is 2. The number of aromatic amines is 3. The van der Waals surface area contributed by atoms with Gasteiger partial charge in [-0.05, 0) is 135 Å². The van der Waals surface area contributed by atoms with Gasteiger partial charge < -0.3 is 88.6 Å². The van der Waals surface area contributed by atoms with Gasteiger partial charge in [0.25, 0.3) is 0 Å². The molecular formula is C72H86F2N16O14. The summed E-state index contributed by atoms with van der Waals surface area (Å²) in [7, 11) is 1.47. The highest BCUT2D eigenvalue weighted by Crippen LogP contribution is 2.31. The number of carboxylic acid groups (broad SMARTS) is 1. The lowest BCUT2D eigenvalue weighted by molar-refractivity contribution is -0.146. The van der Waals surface area contributed by atoms with Gasteiger partial charge in [-0.3, -0.25) is 57.5 Å². The number of benzene rings is 4. The van der Waals surface area contributed by atoms with Crippen LogP contribution in [0.3, 0.4) is 0 Å². The van der Waals surface area contributed by atoms with E-state index in [-0.39, 0.29) is 85.9 Å². The molecule has 0 radical (unpaired) electrons. The van der Waals surface area contributed by atoms with Gasteiger partial charge in [0, 0.05) is 98.3 Å². The first-order valence-electron chi connectivity index (χ1n) is 34.1. The molecule has 552 valence electrons. The second kappa shape index (κ2) is 35.4. The number of hydrogen-bond acceptors (Lipinski definition) is 15. The van der Waals surface area contributed by atoms with E-state index in [1.165, 1.54) is 74.2 Å². The summed E-state index contributed by atoms with van der Waals surface area (Å²) in [4.78, 5) is 186. The van der Waals surface area contributed by atoms with E-state index in [1.54, 1.807) is 55.5 Å². The van der Waals surface area contributed by atoms with Crippen LogP contribution in [0.5, 0.6) is 5.75 Å². The topological polar surface area (TPSA) is 444 Å². The number of fused-ring (bicyclic) bond motifs is 33. The third-order valence-corrected chi connectivity index (χ3v) is 18.4. The van der Waals surface area contributed by atoms with Gasteiger partial charge >= 0.3 is 5.97 Å². The van der Waals surface area contributed by atoms with E-state index in [9.17, 15) is 47.9 Å². The number of methoxy groups -OCH3 is 1. The molecule has 0 aliphatic carbocycles. The Bertz CT molecular complexity index is 4280. The van der Waals surface area contributed by atoms with E-state index in [0.717, 1.165) is 18.6 Å². The SMILES string of the molecule is COc1ccc(C[C@@H]2NC(=O)[C@H](Cc3cnc[nH]3)NC(=O)[C@H](CC(=O)O)NC(=O)[C@H](Cc3c[nH]c4ccc(F)cc34)NC(=O)[C@H](Cc3c[nH]c4ccc(F)cc34)NC(=O)[C@@H](C)NC(=O)[C@H](CCCCN)NC(=O)[C@@H](NC(C)=O)CC(=O)NCc3ccc(cc3)CCNC(=O)[C@]3(C)CCCN3C2=O)cc1. The highest BCUT2D eigenvalue weighted by molar-refractivity contribution is 6.01. The molecule has 104 heavy (non-hydrogen) atoms. The Morgan fingerprint density at radius 3 is 1.79 bits per heavy atom. The summed E-state index contributed by atoms with van der Waals surface area (Å²) in [5, 5.41) is 37.3. The fraction of sp³-hybridized carbons (Fsp3) is 0.403. The number of ether oxygens (including phenoxy) is 1. The van der Waals surface area contributed by atoms with Crippen molar-refractivity contribution in [1.82, 2.24) is 78.0 Å². The van der Waals surface area contributed by atoms with Gasteiger partial charge in [0.15, 0.2) is 0 Å². The fourth-order valence-corrected chi connectivity index (χ4v) is 12.7. The fourth-order valence-electron chi connectivity index (χ4n) is 12.7. The molecule has 3 aromatic heterocycles. The van der Waals surface area contributed by atoms with Crippen LogP contribution in [-0.4, -0.2) is 182 Å². The van der Waals surface area contributed by atoms with Crippen molar-refractivity contribution in [3.05, 3.63) is 155 Å². The zero-order valence-electron chi connectivity index (χ0n) is 57.8. The lowest BCUT2D eigenvalue weighted by atomic mass is 9.95. The Morgan fingerprint density at radius 2 is 1.21 bits per heavy atom. The first-order valence-corrected chi connectivity index (χ1v) is 34.1. The predicted octanol–water partition coefficient (Wildman–Crippen LogP) is 1.21. The zero-order chi connectivity index (χ0) is 74.8. The van der Waals surface area contributed by atoms with Crippen LogP contribution in [0.25, 0.3) is 21.8 Å². The Hall–Kier alpha value is -11.6. The van der Waals surface area contributed by atoms with E-state index in [2.05, 4.69) is 73.1 Å². The number of amides is 11. The Morgan fingerprint density at radius 1 is 0.654 bits per heavy atom. The summed E-state index contributed by atoms with van der Waals surface area (Å²) in [6.45, 7) is 4.45.